The molecule has 1 fully saturated rings. The van der Waals surface area contributed by atoms with Crippen LogP contribution in [0.4, 0.5) is 5.82 Å². The van der Waals surface area contributed by atoms with E-state index in [1.165, 1.54) is 24.6 Å². The van der Waals surface area contributed by atoms with Crippen LogP contribution in [-0.4, -0.2) is 28.9 Å². The van der Waals surface area contributed by atoms with E-state index in [2.05, 4.69) is 17.4 Å². The van der Waals surface area contributed by atoms with Crippen LogP contribution in [-0.2, 0) is 0 Å². The summed E-state index contributed by atoms with van der Waals surface area (Å²) in [6.07, 6.45) is 4.38. The van der Waals surface area contributed by atoms with E-state index in [-0.39, 0.29) is 28.9 Å². The Labute approximate surface area is 156 Å². The van der Waals surface area contributed by atoms with Gasteiger partial charge in [-0.15, -0.1) is 0 Å². The summed E-state index contributed by atoms with van der Waals surface area (Å²) < 4.78 is 4.97. The molecule has 2 aromatic rings. The highest BCUT2D eigenvalue weighted by atomic mass is 16.5. The Morgan fingerprint density at radius 1 is 1.15 bits per heavy atom. The number of aryl methyl sites for hydroxylation is 1. The molecule has 0 bridgehead atoms. The van der Waals surface area contributed by atoms with Crippen molar-refractivity contribution in [3.63, 3.8) is 0 Å². The molecule has 3 amide bonds. The molecule has 0 saturated heterocycles. The van der Waals surface area contributed by atoms with E-state index < -0.39 is 11.8 Å². The number of nitrogens with zero attached hydrogens (tertiary/aromatic N) is 2. The van der Waals surface area contributed by atoms with Gasteiger partial charge in [-0.05, 0) is 43.9 Å². The molecule has 1 aliphatic carbocycles. The molecule has 2 unspecified atom stereocenters. The number of rotatable bonds is 3. The minimum atomic E-state index is -0.496. The fourth-order valence-electron chi connectivity index (χ4n) is 3.83. The molecule has 1 aromatic carbocycles. The summed E-state index contributed by atoms with van der Waals surface area (Å²) >= 11 is 0. The third kappa shape index (κ3) is 3.03. The van der Waals surface area contributed by atoms with Crippen LogP contribution in [0.25, 0.3) is 0 Å². The maximum atomic E-state index is 12.7. The molecular weight excluding hydrogens is 346 g/mol. The largest absolute Gasteiger partial charge is 0.360 e. The fourth-order valence-corrected chi connectivity index (χ4v) is 3.83. The van der Waals surface area contributed by atoms with E-state index in [0.29, 0.717) is 17.2 Å². The number of benzene rings is 1. The smallest absolute Gasteiger partial charge is 0.267 e. The van der Waals surface area contributed by atoms with E-state index in [4.69, 9.17) is 4.52 Å². The Bertz CT molecular complexity index is 933. The van der Waals surface area contributed by atoms with Crippen molar-refractivity contribution in [3.05, 3.63) is 46.7 Å². The number of imide groups is 1. The van der Waals surface area contributed by atoms with Crippen molar-refractivity contribution in [1.29, 1.82) is 0 Å². The average molecular weight is 367 g/mol. The lowest BCUT2D eigenvalue weighted by Crippen LogP contribution is -2.41. The minimum absolute atomic E-state index is 0.145. The van der Waals surface area contributed by atoms with Crippen LogP contribution in [0.2, 0.25) is 0 Å². The van der Waals surface area contributed by atoms with Gasteiger partial charge in [0.25, 0.3) is 17.7 Å². The first kappa shape index (κ1) is 17.5. The van der Waals surface area contributed by atoms with Gasteiger partial charge in [-0.2, -0.15) is 0 Å². The highest BCUT2D eigenvalue weighted by Gasteiger charge is 2.39. The second kappa shape index (κ2) is 6.64. The zero-order valence-corrected chi connectivity index (χ0v) is 15.3. The number of aromatic nitrogens is 1. The van der Waals surface area contributed by atoms with Gasteiger partial charge in [-0.3, -0.25) is 14.4 Å². The molecule has 2 aliphatic rings. The minimum Gasteiger partial charge on any atom is -0.360 e. The lowest BCUT2D eigenvalue weighted by Gasteiger charge is -2.29. The zero-order valence-electron chi connectivity index (χ0n) is 15.3. The number of amides is 3. The Balaban J connectivity index is 1.58. The summed E-state index contributed by atoms with van der Waals surface area (Å²) in [6.45, 7) is 3.83. The number of hydrogen-bond acceptors (Lipinski definition) is 5. The molecule has 2 atom stereocenters. The SMILES string of the molecule is Cc1cc(N2C(=O)c3ccc(C(=O)NC4CCCCC4C)cc3C2=O)no1. The monoisotopic (exact) mass is 367 g/mol. The topological polar surface area (TPSA) is 92.5 Å². The molecule has 1 saturated carbocycles. The Morgan fingerprint density at radius 3 is 2.59 bits per heavy atom. The third-order valence-corrected chi connectivity index (χ3v) is 5.42. The molecule has 4 rings (SSSR count). The van der Waals surface area contributed by atoms with E-state index in [9.17, 15) is 14.4 Å². The molecule has 27 heavy (non-hydrogen) atoms. The molecule has 1 aromatic heterocycles. The van der Waals surface area contributed by atoms with Crippen LogP contribution in [0.5, 0.6) is 0 Å². The van der Waals surface area contributed by atoms with Crippen LogP contribution in [0, 0.1) is 12.8 Å². The van der Waals surface area contributed by atoms with Crippen LogP contribution in [0.1, 0.15) is 69.4 Å². The van der Waals surface area contributed by atoms with E-state index in [1.807, 2.05) is 0 Å². The van der Waals surface area contributed by atoms with Crippen molar-refractivity contribution < 1.29 is 18.9 Å². The zero-order chi connectivity index (χ0) is 19.1. The molecule has 140 valence electrons. The first-order valence-electron chi connectivity index (χ1n) is 9.22. The van der Waals surface area contributed by atoms with Gasteiger partial charge in [0, 0.05) is 17.7 Å². The first-order chi connectivity index (χ1) is 13.0. The third-order valence-electron chi connectivity index (χ3n) is 5.42. The lowest BCUT2D eigenvalue weighted by atomic mass is 9.86. The maximum absolute atomic E-state index is 12.7. The summed E-state index contributed by atoms with van der Waals surface area (Å²) in [5.41, 5.74) is 0.860. The first-order valence-corrected chi connectivity index (χ1v) is 9.22. The molecular formula is C20H21N3O4. The van der Waals surface area contributed by atoms with Crippen LogP contribution < -0.4 is 10.2 Å². The Morgan fingerprint density at radius 2 is 1.89 bits per heavy atom. The van der Waals surface area contributed by atoms with Crippen LogP contribution in [0.3, 0.4) is 0 Å². The number of fused-ring (bicyclic) bond motifs is 1. The molecule has 1 aliphatic heterocycles. The summed E-state index contributed by atoms with van der Waals surface area (Å²) in [4.78, 5) is 38.9. The normalized spacial score (nSPS) is 22.1. The van der Waals surface area contributed by atoms with Gasteiger partial charge in [0.15, 0.2) is 5.82 Å². The van der Waals surface area contributed by atoms with Crippen molar-refractivity contribution in [2.75, 3.05) is 4.90 Å². The molecule has 7 heteroatoms. The summed E-state index contributed by atoms with van der Waals surface area (Å²) in [6, 6.07) is 6.28. The second-order valence-electron chi connectivity index (χ2n) is 7.34. The molecule has 1 N–H and O–H groups in total. The second-order valence-corrected chi connectivity index (χ2v) is 7.34. The van der Waals surface area contributed by atoms with Gasteiger partial charge in [0.1, 0.15) is 5.76 Å². The standard InChI is InChI=1S/C20H21N3O4/c1-11-5-3-4-6-16(11)21-18(24)13-7-8-14-15(10-13)20(26)23(19(14)25)17-9-12(2)27-22-17/h7-11,16H,3-6H2,1-2H3,(H,21,24). The van der Waals surface area contributed by atoms with E-state index in [1.54, 1.807) is 13.0 Å². The quantitative estimate of drug-likeness (QED) is 0.842. The Kier molecular flexibility index (Phi) is 4.30. The number of anilines is 1. The number of nitrogens with one attached hydrogen (secondary N) is 1. The number of carbonyl (C=O) groups excluding carboxylic acids is 3. The van der Waals surface area contributed by atoms with E-state index in [0.717, 1.165) is 24.2 Å². The lowest BCUT2D eigenvalue weighted by molar-refractivity contribution is 0.0906. The Hall–Kier alpha value is -2.96. The number of carbonyl (C=O) groups is 3. The van der Waals surface area contributed by atoms with Crippen molar-refractivity contribution in [1.82, 2.24) is 10.5 Å². The predicted molar refractivity (Wildman–Crippen MR) is 97.7 cm³/mol. The number of hydrogen-bond donors (Lipinski definition) is 1. The molecule has 0 spiro atoms. The van der Waals surface area contributed by atoms with Crippen molar-refractivity contribution in [2.24, 2.45) is 5.92 Å². The van der Waals surface area contributed by atoms with Crippen molar-refractivity contribution in [3.8, 4) is 0 Å². The van der Waals surface area contributed by atoms with E-state index >= 15 is 0 Å². The summed E-state index contributed by atoms with van der Waals surface area (Å²) in [7, 11) is 0. The van der Waals surface area contributed by atoms with Gasteiger partial charge in [-0.25, -0.2) is 4.90 Å². The predicted octanol–water partition coefficient (Wildman–Crippen LogP) is 3.09. The van der Waals surface area contributed by atoms with Gasteiger partial charge in [0.2, 0.25) is 0 Å². The highest BCUT2D eigenvalue weighted by Crippen LogP contribution is 2.29. The van der Waals surface area contributed by atoms with Crippen molar-refractivity contribution >= 4 is 23.5 Å². The van der Waals surface area contributed by atoms with Gasteiger partial charge in [-0.1, -0.05) is 24.9 Å². The van der Waals surface area contributed by atoms with Crippen LogP contribution in [0.15, 0.2) is 28.8 Å². The van der Waals surface area contributed by atoms with Crippen LogP contribution >= 0.6 is 0 Å². The highest BCUT2D eigenvalue weighted by molar-refractivity contribution is 6.34. The van der Waals surface area contributed by atoms with Crippen molar-refractivity contribution in [2.45, 2.75) is 45.6 Å². The maximum Gasteiger partial charge on any atom is 0.267 e. The van der Waals surface area contributed by atoms with Gasteiger partial charge in [0.05, 0.1) is 11.1 Å². The molecule has 7 nitrogen and oxygen atoms in total. The average Bonchev–Trinajstić information content (AvgIpc) is 3.18. The fraction of sp³-hybridized carbons (Fsp3) is 0.400. The van der Waals surface area contributed by atoms with Gasteiger partial charge < -0.3 is 9.84 Å². The molecule has 2 heterocycles. The van der Waals surface area contributed by atoms with Gasteiger partial charge >= 0.3 is 0 Å². The summed E-state index contributed by atoms with van der Waals surface area (Å²) in [5, 5.41) is 6.83. The summed E-state index contributed by atoms with van der Waals surface area (Å²) in [5.74, 6) is -0.0807. The molecule has 0 radical (unpaired) electrons.